The molecule has 2 rings (SSSR count). The van der Waals surface area contributed by atoms with Gasteiger partial charge in [0.2, 0.25) is 5.91 Å². The van der Waals surface area contributed by atoms with Gasteiger partial charge in [0.1, 0.15) is 0 Å². The maximum Gasteiger partial charge on any atom is 0.224 e. The Morgan fingerprint density at radius 2 is 1.76 bits per heavy atom. The summed E-state index contributed by atoms with van der Waals surface area (Å²) in [6.45, 7) is 2.02. The van der Waals surface area contributed by atoms with Crippen LogP contribution in [-0.4, -0.2) is 11.0 Å². The fourth-order valence-corrected chi connectivity index (χ4v) is 2.13. The van der Waals surface area contributed by atoms with Crippen molar-refractivity contribution >= 4 is 17.3 Å². The predicted molar refractivity (Wildman–Crippen MR) is 84.9 cm³/mol. The molecule has 21 heavy (non-hydrogen) atoms. The lowest BCUT2D eigenvalue weighted by Crippen LogP contribution is -2.14. The molecule has 1 atom stereocenters. The van der Waals surface area contributed by atoms with Crippen LogP contribution in [0.5, 0.6) is 0 Å². The highest BCUT2D eigenvalue weighted by atomic mass is 16.3. The zero-order chi connectivity index (χ0) is 15.2. The number of carbonyl (C=O) groups excluding carboxylic acids is 1. The largest absolute Gasteiger partial charge is 0.399 e. The summed E-state index contributed by atoms with van der Waals surface area (Å²) in [6.07, 6.45) is 0.408. The number of anilines is 2. The van der Waals surface area contributed by atoms with Gasteiger partial charge in [0, 0.05) is 17.8 Å². The van der Waals surface area contributed by atoms with Gasteiger partial charge in [-0.25, -0.2) is 0 Å². The van der Waals surface area contributed by atoms with Crippen molar-refractivity contribution in [3.8, 4) is 0 Å². The van der Waals surface area contributed by atoms with Gasteiger partial charge in [0.15, 0.2) is 0 Å². The molecular formula is C17H20N2O2. The van der Waals surface area contributed by atoms with E-state index in [2.05, 4.69) is 5.32 Å². The van der Waals surface area contributed by atoms with Crippen LogP contribution in [0.15, 0.2) is 48.5 Å². The van der Waals surface area contributed by atoms with Gasteiger partial charge in [-0.2, -0.15) is 0 Å². The smallest absolute Gasteiger partial charge is 0.224 e. The van der Waals surface area contributed by atoms with Crippen LogP contribution in [0.25, 0.3) is 0 Å². The molecule has 2 aromatic rings. The maximum absolute atomic E-state index is 12.0. The Morgan fingerprint density at radius 3 is 2.33 bits per heavy atom. The third-order valence-corrected chi connectivity index (χ3v) is 3.42. The Balaban J connectivity index is 1.92. The van der Waals surface area contributed by atoms with E-state index in [0.29, 0.717) is 6.42 Å². The number of nitrogens with one attached hydrogen (secondary N) is 1. The van der Waals surface area contributed by atoms with Crippen molar-refractivity contribution in [3.63, 3.8) is 0 Å². The molecular weight excluding hydrogens is 264 g/mol. The Bertz CT molecular complexity index is 591. The molecule has 4 heteroatoms. The van der Waals surface area contributed by atoms with Crippen molar-refractivity contribution in [1.82, 2.24) is 0 Å². The number of carbonyl (C=O) groups is 1. The molecule has 4 nitrogen and oxygen atoms in total. The average Bonchev–Trinajstić information content (AvgIpc) is 2.48. The van der Waals surface area contributed by atoms with Gasteiger partial charge >= 0.3 is 0 Å². The fraction of sp³-hybridized carbons (Fsp3) is 0.235. The van der Waals surface area contributed by atoms with Crippen LogP contribution < -0.4 is 11.1 Å². The summed E-state index contributed by atoms with van der Waals surface area (Å²) in [5, 5.41) is 11.8. The minimum absolute atomic E-state index is 0.00238. The van der Waals surface area contributed by atoms with Crippen LogP contribution in [0.1, 0.15) is 30.4 Å². The van der Waals surface area contributed by atoms with Crippen LogP contribution in [-0.2, 0) is 11.4 Å². The van der Waals surface area contributed by atoms with E-state index in [-0.39, 0.29) is 18.4 Å². The monoisotopic (exact) mass is 284 g/mol. The lowest BCUT2D eigenvalue weighted by molar-refractivity contribution is -0.116. The maximum atomic E-state index is 12.0. The highest BCUT2D eigenvalue weighted by molar-refractivity contribution is 5.91. The number of benzene rings is 2. The first-order valence-corrected chi connectivity index (χ1v) is 6.93. The van der Waals surface area contributed by atoms with Crippen molar-refractivity contribution in [1.29, 1.82) is 0 Å². The SMILES string of the molecule is CC(CC(=O)Nc1ccc(CO)cc1)c1ccc(N)cc1. The van der Waals surface area contributed by atoms with Gasteiger partial charge in [-0.1, -0.05) is 31.2 Å². The molecule has 0 heterocycles. The molecule has 1 amide bonds. The minimum Gasteiger partial charge on any atom is -0.399 e. The molecule has 0 aliphatic rings. The van der Waals surface area contributed by atoms with Gasteiger partial charge < -0.3 is 16.2 Å². The zero-order valence-electron chi connectivity index (χ0n) is 12.0. The van der Waals surface area contributed by atoms with Gasteiger partial charge in [0.05, 0.1) is 6.61 Å². The Morgan fingerprint density at radius 1 is 1.14 bits per heavy atom. The van der Waals surface area contributed by atoms with Gasteiger partial charge in [-0.3, -0.25) is 4.79 Å². The summed E-state index contributed by atoms with van der Waals surface area (Å²) in [6, 6.07) is 14.7. The van der Waals surface area contributed by atoms with Crippen LogP contribution >= 0.6 is 0 Å². The number of amides is 1. The molecule has 110 valence electrons. The average molecular weight is 284 g/mol. The van der Waals surface area contributed by atoms with E-state index in [1.54, 1.807) is 24.3 Å². The van der Waals surface area contributed by atoms with E-state index in [4.69, 9.17) is 10.8 Å². The van der Waals surface area contributed by atoms with E-state index in [1.807, 2.05) is 31.2 Å². The predicted octanol–water partition coefficient (Wildman–Crippen LogP) is 2.89. The van der Waals surface area contributed by atoms with Crippen molar-refractivity contribution in [2.75, 3.05) is 11.1 Å². The Hall–Kier alpha value is -2.33. The number of rotatable bonds is 5. The van der Waals surface area contributed by atoms with Crippen LogP contribution in [0, 0.1) is 0 Å². The lowest BCUT2D eigenvalue weighted by atomic mass is 9.97. The fourth-order valence-electron chi connectivity index (χ4n) is 2.13. The summed E-state index contributed by atoms with van der Waals surface area (Å²) >= 11 is 0. The number of nitrogen functional groups attached to an aromatic ring is 1. The third-order valence-electron chi connectivity index (χ3n) is 3.42. The number of hydrogen-bond donors (Lipinski definition) is 3. The Labute approximate surface area is 124 Å². The highest BCUT2D eigenvalue weighted by Crippen LogP contribution is 2.21. The highest BCUT2D eigenvalue weighted by Gasteiger charge is 2.11. The van der Waals surface area contributed by atoms with Crippen LogP contribution in [0.2, 0.25) is 0 Å². The summed E-state index contributed by atoms with van der Waals surface area (Å²) in [4.78, 5) is 12.0. The first-order valence-electron chi connectivity index (χ1n) is 6.93. The van der Waals surface area contributed by atoms with E-state index >= 15 is 0 Å². The van der Waals surface area contributed by atoms with Gasteiger partial charge in [0.25, 0.3) is 0 Å². The van der Waals surface area contributed by atoms with E-state index in [0.717, 1.165) is 22.5 Å². The number of aliphatic hydroxyl groups is 1. The van der Waals surface area contributed by atoms with Gasteiger partial charge in [-0.15, -0.1) is 0 Å². The summed E-state index contributed by atoms with van der Waals surface area (Å²) in [5.41, 5.74) is 9.03. The number of hydrogen-bond acceptors (Lipinski definition) is 3. The molecule has 0 saturated carbocycles. The molecule has 0 fully saturated rings. The molecule has 1 unspecified atom stereocenters. The molecule has 2 aromatic carbocycles. The second-order valence-corrected chi connectivity index (χ2v) is 5.18. The molecule has 0 saturated heterocycles. The standard InChI is InChI=1S/C17H20N2O2/c1-12(14-4-6-15(18)7-5-14)10-17(21)19-16-8-2-13(11-20)3-9-16/h2-9,12,20H,10-11,18H2,1H3,(H,19,21). The topological polar surface area (TPSA) is 75.3 Å². The van der Waals surface area contributed by atoms with Crippen LogP contribution in [0.4, 0.5) is 11.4 Å². The first-order chi connectivity index (χ1) is 10.1. The second kappa shape index (κ2) is 6.90. The molecule has 0 spiro atoms. The minimum atomic E-state index is -0.0314. The summed E-state index contributed by atoms with van der Waals surface area (Å²) < 4.78 is 0. The second-order valence-electron chi connectivity index (χ2n) is 5.18. The molecule has 0 radical (unpaired) electrons. The summed E-state index contributed by atoms with van der Waals surface area (Å²) in [7, 11) is 0. The molecule has 0 aliphatic heterocycles. The van der Waals surface area contributed by atoms with Crippen molar-refractivity contribution in [2.45, 2.75) is 25.9 Å². The van der Waals surface area contributed by atoms with E-state index in [1.165, 1.54) is 0 Å². The van der Waals surface area contributed by atoms with Crippen molar-refractivity contribution in [3.05, 3.63) is 59.7 Å². The van der Waals surface area contributed by atoms with E-state index in [9.17, 15) is 4.79 Å². The molecule has 4 N–H and O–H groups in total. The quantitative estimate of drug-likeness (QED) is 0.739. The molecule has 0 bridgehead atoms. The van der Waals surface area contributed by atoms with Gasteiger partial charge in [-0.05, 0) is 41.3 Å². The first kappa shape index (κ1) is 15.1. The molecule has 0 aliphatic carbocycles. The van der Waals surface area contributed by atoms with Crippen molar-refractivity contribution in [2.24, 2.45) is 0 Å². The normalized spacial score (nSPS) is 11.9. The number of nitrogens with two attached hydrogens (primary N) is 1. The van der Waals surface area contributed by atoms with Crippen molar-refractivity contribution < 1.29 is 9.90 Å². The van der Waals surface area contributed by atoms with Crippen LogP contribution in [0.3, 0.4) is 0 Å². The Kier molecular flexibility index (Phi) is 4.95. The third kappa shape index (κ3) is 4.33. The zero-order valence-corrected chi connectivity index (χ0v) is 12.0. The lowest BCUT2D eigenvalue weighted by Gasteiger charge is -2.12. The van der Waals surface area contributed by atoms with E-state index < -0.39 is 0 Å². The molecule has 0 aromatic heterocycles. The number of aliphatic hydroxyl groups excluding tert-OH is 1. The summed E-state index contributed by atoms with van der Waals surface area (Å²) in [5.74, 6) is 0.0957.